The van der Waals surface area contributed by atoms with Gasteiger partial charge in [-0.15, -0.1) is 0 Å². The van der Waals surface area contributed by atoms with Crippen molar-refractivity contribution in [3.63, 3.8) is 0 Å². The van der Waals surface area contributed by atoms with Crippen molar-refractivity contribution in [2.24, 2.45) is 0 Å². The molecule has 0 saturated carbocycles. The maximum absolute atomic E-state index is 12.3. The molecule has 19 heavy (non-hydrogen) atoms. The number of benzene rings is 1. The summed E-state index contributed by atoms with van der Waals surface area (Å²) in [5.41, 5.74) is 2.12. The van der Waals surface area contributed by atoms with Crippen LogP contribution in [0.25, 0.3) is 0 Å². The molecule has 1 aromatic carbocycles. The maximum Gasteiger partial charge on any atom is 0.227 e. The molecular weight excluding hydrogens is 240 g/mol. The first-order chi connectivity index (χ1) is 9.31. The van der Waals surface area contributed by atoms with Gasteiger partial charge >= 0.3 is 0 Å². The zero-order valence-corrected chi connectivity index (χ0v) is 11.4. The molecule has 0 atom stereocenters. The van der Waals surface area contributed by atoms with Gasteiger partial charge in [-0.05, 0) is 18.6 Å². The molecule has 3 rings (SSSR count). The van der Waals surface area contributed by atoms with Crippen LogP contribution in [0.1, 0.15) is 26.2 Å². The Kier molecular flexibility index (Phi) is 3.32. The van der Waals surface area contributed by atoms with Crippen LogP contribution >= 0.6 is 0 Å². The Labute approximate surface area is 113 Å². The van der Waals surface area contributed by atoms with E-state index in [9.17, 15) is 4.79 Å². The zero-order valence-electron chi connectivity index (χ0n) is 11.4. The number of nitrogens with zero attached hydrogens (tertiary/aromatic N) is 2. The Balaban J connectivity index is 1.92. The van der Waals surface area contributed by atoms with Crippen LogP contribution in [0.15, 0.2) is 18.2 Å². The predicted octanol–water partition coefficient (Wildman–Crippen LogP) is 2.42. The van der Waals surface area contributed by atoms with E-state index < -0.39 is 0 Å². The number of carbonyl (C=O) groups is 1. The van der Waals surface area contributed by atoms with E-state index in [1.165, 1.54) is 0 Å². The normalized spacial score (nSPS) is 16.9. The van der Waals surface area contributed by atoms with Crippen molar-refractivity contribution in [1.82, 2.24) is 0 Å². The monoisotopic (exact) mass is 260 g/mol. The van der Waals surface area contributed by atoms with Crippen molar-refractivity contribution in [3.8, 4) is 5.75 Å². The van der Waals surface area contributed by atoms with Crippen molar-refractivity contribution in [3.05, 3.63) is 18.2 Å². The molecule has 0 bridgehead atoms. The van der Waals surface area contributed by atoms with E-state index in [2.05, 4.69) is 11.8 Å². The molecule has 102 valence electrons. The molecular formula is C15H20N2O2. The van der Waals surface area contributed by atoms with Gasteiger partial charge in [0.2, 0.25) is 5.91 Å². The van der Waals surface area contributed by atoms with Crippen LogP contribution in [0.2, 0.25) is 0 Å². The standard InChI is InChI=1S/C15H20N2O2/c1-2-3-7-14(18)17-9-8-16-10-11-19-13-6-4-5-12(17)15(13)16/h4-6H,2-3,7-11H2,1H3. The number of para-hydroxylation sites is 1. The fourth-order valence-electron chi connectivity index (χ4n) is 2.83. The lowest BCUT2D eigenvalue weighted by Crippen LogP contribution is -2.46. The lowest BCUT2D eigenvalue weighted by molar-refractivity contribution is -0.118. The van der Waals surface area contributed by atoms with Crippen LogP contribution in [0, 0.1) is 0 Å². The number of rotatable bonds is 3. The van der Waals surface area contributed by atoms with Gasteiger partial charge in [-0.3, -0.25) is 4.79 Å². The van der Waals surface area contributed by atoms with Crippen LogP contribution in [-0.2, 0) is 4.79 Å². The topological polar surface area (TPSA) is 32.8 Å². The van der Waals surface area contributed by atoms with Gasteiger partial charge in [0.05, 0.1) is 12.2 Å². The highest BCUT2D eigenvalue weighted by Crippen LogP contribution is 2.42. The summed E-state index contributed by atoms with van der Waals surface area (Å²) >= 11 is 0. The summed E-state index contributed by atoms with van der Waals surface area (Å²) in [5.74, 6) is 1.15. The average Bonchev–Trinajstić information content (AvgIpc) is 2.46. The zero-order chi connectivity index (χ0) is 13.2. The van der Waals surface area contributed by atoms with Crippen LogP contribution in [-0.4, -0.2) is 32.1 Å². The molecule has 0 saturated heterocycles. The second-order valence-corrected chi connectivity index (χ2v) is 5.11. The second kappa shape index (κ2) is 5.11. The minimum absolute atomic E-state index is 0.237. The Morgan fingerprint density at radius 2 is 2.21 bits per heavy atom. The summed E-state index contributed by atoms with van der Waals surface area (Å²) in [6.45, 7) is 5.47. The minimum Gasteiger partial charge on any atom is -0.489 e. The number of hydrogen-bond donors (Lipinski definition) is 0. The third kappa shape index (κ3) is 2.15. The predicted molar refractivity (Wildman–Crippen MR) is 76.0 cm³/mol. The van der Waals surface area contributed by atoms with Gasteiger partial charge in [-0.25, -0.2) is 0 Å². The molecule has 0 fully saturated rings. The molecule has 0 aliphatic carbocycles. The van der Waals surface area contributed by atoms with Gasteiger partial charge < -0.3 is 14.5 Å². The number of carbonyl (C=O) groups excluding carboxylic acids is 1. The van der Waals surface area contributed by atoms with E-state index >= 15 is 0 Å². The highest BCUT2D eigenvalue weighted by atomic mass is 16.5. The number of ether oxygens (including phenoxy) is 1. The van der Waals surface area contributed by atoms with E-state index in [0.29, 0.717) is 6.42 Å². The molecule has 2 aliphatic rings. The Bertz CT molecular complexity index is 487. The van der Waals surface area contributed by atoms with Crippen molar-refractivity contribution in [1.29, 1.82) is 0 Å². The molecule has 4 heteroatoms. The molecule has 0 radical (unpaired) electrons. The number of unbranched alkanes of at least 4 members (excludes halogenated alkanes) is 1. The summed E-state index contributed by atoms with van der Waals surface area (Å²) in [4.78, 5) is 16.6. The average molecular weight is 260 g/mol. The van der Waals surface area contributed by atoms with E-state index in [-0.39, 0.29) is 5.91 Å². The van der Waals surface area contributed by atoms with E-state index in [4.69, 9.17) is 4.74 Å². The van der Waals surface area contributed by atoms with Gasteiger partial charge in [-0.2, -0.15) is 0 Å². The molecule has 0 spiro atoms. The third-order valence-corrected chi connectivity index (χ3v) is 3.84. The van der Waals surface area contributed by atoms with Crippen LogP contribution in [0.3, 0.4) is 0 Å². The molecule has 1 aromatic rings. The lowest BCUT2D eigenvalue weighted by atomic mass is 10.1. The first-order valence-electron chi connectivity index (χ1n) is 7.12. The van der Waals surface area contributed by atoms with Crippen molar-refractivity contribution >= 4 is 17.3 Å². The molecule has 0 unspecified atom stereocenters. The van der Waals surface area contributed by atoms with Crippen molar-refractivity contribution in [2.45, 2.75) is 26.2 Å². The third-order valence-electron chi connectivity index (χ3n) is 3.84. The van der Waals surface area contributed by atoms with E-state index in [1.54, 1.807) is 0 Å². The fraction of sp³-hybridized carbons (Fsp3) is 0.533. The second-order valence-electron chi connectivity index (χ2n) is 5.11. The molecule has 0 N–H and O–H groups in total. The van der Waals surface area contributed by atoms with Crippen LogP contribution in [0.5, 0.6) is 5.75 Å². The van der Waals surface area contributed by atoms with Gasteiger partial charge in [-0.1, -0.05) is 19.4 Å². The highest BCUT2D eigenvalue weighted by molar-refractivity contribution is 5.99. The first kappa shape index (κ1) is 12.3. The SMILES string of the molecule is CCCCC(=O)N1CCN2CCOc3cccc1c32. The van der Waals surface area contributed by atoms with Crippen molar-refractivity contribution < 1.29 is 9.53 Å². The van der Waals surface area contributed by atoms with Gasteiger partial charge in [0.15, 0.2) is 0 Å². The minimum atomic E-state index is 0.237. The molecule has 0 aromatic heterocycles. The number of anilines is 2. The largest absolute Gasteiger partial charge is 0.489 e. The number of amides is 1. The quantitative estimate of drug-likeness (QED) is 0.836. The Hall–Kier alpha value is -1.71. The summed E-state index contributed by atoms with van der Waals surface area (Å²) in [7, 11) is 0. The molecule has 1 amide bonds. The molecule has 2 aliphatic heterocycles. The van der Waals surface area contributed by atoms with Gasteiger partial charge in [0, 0.05) is 19.5 Å². The summed E-state index contributed by atoms with van der Waals surface area (Å²) in [6.07, 6.45) is 2.66. The Morgan fingerprint density at radius 3 is 3.05 bits per heavy atom. The van der Waals surface area contributed by atoms with Crippen LogP contribution in [0.4, 0.5) is 11.4 Å². The first-order valence-corrected chi connectivity index (χ1v) is 7.12. The summed E-state index contributed by atoms with van der Waals surface area (Å²) in [5, 5.41) is 0. The van der Waals surface area contributed by atoms with E-state index in [0.717, 1.165) is 56.2 Å². The van der Waals surface area contributed by atoms with Gasteiger partial charge in [0.25, 0.3) is 0 Å². The molecule has 2 heterocycles. The highest BCUT2D eigenvalue weighted by Gasteiger charge is 2.30. The summed E-state index contributed by atoms with van der Waals surface area (Å²) < 4.78 is 5.70. The van der Waals surface area contributed by atoms with E-state index in [1.807, 2.05) is 23.1 Å². The smallest absolute Gasteiger partial charge is 0.227 e. The summed E-state index contributed by atoms with van der Waals surface area (Å²) in [6, 6.07) is 6.00. The number of hydrogen-bond acceptors (Lipinski definition) is 3. The maximum atomic E-state index is 12.3. The fourth-order valence-corrected chi connectivity index (χ4v) is 2.83. The Morgan fingerprint density at radius 1 is 1.32 bits per heavy atom. The van der Waals surface area contributed by atoms with Crippen LogP contribution < -0.4 is 14.5 Å². The lowest BCUT2D eigenvalue weighted by Gasteiger charge is -2.41. The van der Waals surface area contributed by atoms with Gasteiger partial charge in [0.1, 0.15) is 18.0 Å². The van der Waals surface area contributed by atoms with Crippen molar-refractivity contribution in [2.75, 3.05) is 36.0 Å². The molecule has 4 nitrogen and oxygen atoms in total.